The van der Waals surface area contributed by atoms with E-state index in [0.717, 1.165) is 32.5 Å². The van der Waals surface area contributed by atoms with E-state index >= 15 is 0 Å². The largest absolute Gasteiger partial charge is 0.354 e. The third-order valence-corrected chi connectivity index (χ3v) is 4.96. The number of hydrogen-bond acceptors (Lipinski definition) is 4. The van der Waals surface area contributed by atoms with Gasteiger partial charge in [0.05, 0.1) is 5.56 Å². The number of aromatic nitrogens is 2. The van der Waals surface area contributed by atoms with Gasteiger partial charge in [-0.25, -0.2) is 9.97 Å². The second-order valence-electron chi connectivity index (χ2n) is 7.08. The highest BCUT2D eigenvalue weighted by atomic mass is 16.2. The van der Waals surface area contributed by atoms with Crippen LogP contribution in [0.25, 0.3) is 0 Å². The molecule has 2 heterocycles. The summed E-state index contributed by atoms with van der Waals surface area (Å²) in [6, 6.07) is 0. The molecule has 0 aromatic carbocycles. The molecule has 1 aromatic rings. The average Bonchev–Trinajstić information content (AvgIpc) is 2.63. The molecule has 5 heteroatoms. The minimum Gasteiger partial charge on any atom is -0.354 e. The minimum absolute atomic E-state index is 0.0560. The second kappa shape index (κ2) is 8.27. The summed E-state index contributed by atoms with van der Waals surface area (Å²) in [6.45, 7) is 4.74. The third kappa shape index (κ3) is 4.56. The number of anilines is 1. The quantitative estimate of drug-likeness (QED) is 0.838. The predicted octanol–water partition coefficient (Wildman–Crippen LogP) is 3.65. The van der Waals surface area contributed by atoms with Crippen molar-refractivity contribution in [2.24, 2.45) is 5.92 Å². The van der Waals surface area contributed by atoms with Crippen molar-refractivity contribution in [3.63, 3.8) is 0 Å². The fraction of sp³-hybridized carbons (Fsp3) is 0.632. The van der Waals surface area contributed by atoms with Crippen molar-refractivity contribution in [2.45, 2.75) is 51.9 Å². The first-order valence-corrected chi connectivity index (χ1v) is 9.25. The topological polar surface area (TPSA) is 58.1 Å². The minimum atomic E-state index is 0.0560. The highest BCUT2D eigenvalue weighted by Gasteiger charge is 2.22. The Morgan fingerprint density at radius 1 is 1.29 bits per heavy atom. The van der Waals surface area contributed by atoms with Crippen LogP contribution in [0.4, 0.5) is 5.95 Å². The molecule has 1 unspecified atom stereocenters. The van der Waals surface area contributed by atoms with E-state index in [1.165, 1.54) is 32.1 Å². The summed E-state index contributed by atoms with van der Waals surface area (Å²) in [7, 11) is 0. The SMILES string of the molecule is CC1CCCN(C(=O)c2cnc(NCCC3=CCCCC3)nc2)C1. The maximum Gasteiger partial charge on any atom is 0.257 e. The number of rotatable bonds is 5. The Bertz CT molecular complexity index is 582. The van der Waals surface area contributed by atoms with Crippen LogP contribution < -0.4 is 5.32 Å². The first kappa shape index (κ1) is 16.9. The van der Waals surface area contributed by atoms with E-state index in [1.807, 2.05) is 4.90 Å². The predicted molar refractivity (Wildman–Crippen MR) is 96.0 cm³/mol. The van der Waals surface area contributed by atoms with E-state index in [0.29, 0.717) is 17.4 Å². The molecule has 1 aliphatic carbocycles. The number of hydrogen-bond donors (Lipinski definition) is 1. The molecule has 0 bridgehead atoms. The molecule has 5 nitrogen and oxygen atoms in total. The lowest BCUT2D eigenvalue weighted by atomic mass is 9.97. The fourth-order valence-corrected chi connectivity index (χ4v) is 3.55. The van der Waals surface area contributed by atoms with Crippen LogP contribution in [0.1, 0.15) is 62.2 Å². The van der Waals surface area contributed by atoms with Crippen molar-refractivity contribution < 1.29 is 4.79 Å². The number of nitrogens with zero attached hydrogens (tertiary/aromatic N) is 3. The third-order valence-electron chi connectivity index (χ3n) is 4.96. The smallest absolute Gasteiger partial charge is 0.257 e. The van der Waals surface area contributed by atoms with Gasteiger partial charge < -0.3 is 10.2 Å². The van der Waals surface area contributed by atoms with Crippen molar-refractivity contribution in [2.75, 3.05) is 25.0 Å². The molecule has 0 spiro atoms. The van der Waals surface area contributed by atoms with Crippen molar-refractivity contribution >= 4 is 11.9 Å². The van der Waals surface area contributed by atoms with Crippen molar-refractivity contribution in [1.29, 1.82) is 0 Å². The maximum absolute atomic E-state index is 12.5. The number of carbonyl (C=O) groups is 1. The van der Waals surface area contributed by atoms with Crippen molar-refractivity contribution in [1.82, 2.24) is 14.9 Å². The van der Waals surface area contributed by atoms with Crippen LogP contribution >= 0.6 is 0 Å². The first-order chi connectivity index (χ1) is 11.7. The van der Waals surface area contributed by atoms with E-state index < -0.39 is 0 Å². The average molecular weight is 328 g/mol. The normalized spacial score (nSPS) is 21.3. The summed E-state index contributed by atoms with van der Waals surface area (Å²) in [6.07, 6.45) is 14.1. The molecule has 3 rings (SSSR count). The van der Waals surface area contributed by atoms with Gasteiger partial charge in [0, 0.05) is 32.0 Å². The van der Waals surface area contributed by atoms with Crippen LogP contribution in [0.5, 0.6) is 0 Å². The van der Waals surface area contributed by atoms with Crippen LogP contribution in [0.15, 0.2) is 24.0 Å². The van der Waals surface area contributed by atoms with Gasteiger partial charge in [-0.15, -0.1) is 0 Å². The van der Waals surface area contributed by atoms with Crippen LogP contribution in [0.2, 0.25) is 0 Å². The molecule has 130 valence electrons. The van der Waals surface area contributed by atoms with Gasteiger partial charge in [0.15, 0.2) is 0 Å². The summed E-state index contributed by atoms with van der Waals surface area (Å²) in [4.78, 5) is 23.0. The lowest BCUT2D eigenvalue weighted by Crippen LogP contribution is -2.39. The van der Waals surface area contributed by atoms with Crippen molar-refractivity contribution in [3.05, 3.63) is 29.6 Å². The molecular formula is C19H28N4O. The fourth-order valence-electron chi connectivity index (χ4n) is 3.55. The highest BCUT2D eigenvalue weighted by molar-refractivity contribution is 5.93. The molecule has 1 fully saturated rings. The van der Waals surface area contributed by atoms with E-state index in [1.54, 1.807) is 18.0 Å². The number of piperidine rings is 1. The summed E-state index contributed by atoms with van der Waals surface area (Å²) < 4.78 is 0. The van der Waals surface area contributed by atoms with Crippen LogP contribution in [-0.4, -0.2) is 40.4 Å². The van der Waals surface area contributed by atoms with E-state index in [-0.39, 0.29) is 5.91 Å². The Morgan fingerprint density at radius 2 is 2.12 bits per heavy atom. The molecule has 1 atom stereocenters. The molecule has 24 heavy (non-hydrogen) atoms. The van der Waals surface area contributed by atoms with Gasteiger partial charge in [0.1, 0.15) is 0 Å². The summed E-state index contributed by atoms with van der Waals surface area (Å²) in [5.41, 5.74) is 2.13. The highest BCUT2D eigenvalue weighted by Crippen LogP contribution is 2.20. The lowest BCUT2D eigenvalue weighted by Gasteiger charge is -2.30. The molecule has 1 saturated heterocycles. The van der Waals surface area contributed by atoms with E-state index in [2.05, 4.69) is 28.3 Å². The number of carbonyl (C=O) groups excluding carboxylic acids is 1. The lowest BCUT2D eigenvalue weighted by molar-refractivity contribution is 0.0682. The Labute approximate surface area is 144 Å². The Kier molecular flexibility index (Phi) is 5.83. The molecule has 0 saturated carbocycles. The number of likely N-dealkylation sites (tertiary alicyclic amines) is 1. The summed E-state index contributed by atoms with van der Waals surface area (Å²) >= 11 is 0. The van der Waals surface area contributed by atoms with Gasteiger partial charge in [-0.1, -0.05) is 18.6 Å². The Morgan fingerprint density at radius 3 is 2.83 bits per heavy atom. The van der Waals surface area contributed by atoms with Crippen molar-refractivity contribution in [3.8, 4) is 0 Å². The van der Waals surface area contributed by atoms with Gasteiger partial charge in [-0.3, -0.25) is 4.79 Å². The summed E-state index contributed by atoms with van der Waals surface area (Å²) in [5.74, 6) is 1.24. The zero-order valence-electron chi connectivity index (χ0n) is 14.6. The zero-order valence-corrected chi connectivity index (χ0v) is 14.6. The maximum atomic E-state index is 12.5. The van der Waals surface area contributed by atoms with Gasteiger partial charge in [0.25, 0.3) is 5.91 Å². The number of allylic oxidation sites excluding steroid dienone is 1. The Balaban J connectivity index is 1.49. The van der Waals surface area contributed by atoms with Crippen LogP contribution in [0, 0.1) is 5.92 Å². The number of amides is 1. The molecule has 2 aliphatic rings. The molecular weight excluding hydrogens is 300 g/mol. The van der Waals surface area contributed by atoms with Gasteiger partial charge in [-0.05, 0) is 50.9 Å². The van der Waals surface area contributed by atoms with E-state index in [9.17, 15) is 4.79 Å². The molecule has 1 amide bonds. The Hall–Kier alpha value is -1.91. The molecule has 1 N–H and O–H groups in total. The summed E-state index contributed by atoms with van der Waals surface area (Å²) in [5, 5.41) is 3.26. The van der Waals surface area contributed by atoms with E-state index in [4.69, 9.17) is 0 Å². The standard InChI is InChI=1S/C19H28N4O/c1-15-6-5-11-23(14-15)18(24)17-12-21-19(22-13-17)20-10-9-16-7-3-2-4-8-16/h7,12-13,15H,2-6,8-11,14H2,1H3,(H,20,21,22). The van der Waals surface area contributed by atoms with Crippen LogP contribution in [0.3, 0.4) is 0 Å². The van der Waals surface area contributed by atoms with Crippen LogP contribution in [-0.2, 0) is 0 Å². The van der Waals surface area contributed by atoms with Gasteiger partial charge in [-0.2, -0.15) is 0 Å². The zero-order chi connectivity index (χ0) is 16.8. The molecule has 1 aliphatic heterocycles. The first-order valence-electron chi connectivity index (χ1n) is 9.25. The molecule has 0 radical (unpaired) electrons. The monoisotopic (exact) mass is 328 g/mol. The molecule has 1 aromatic heterocycles. The van der Waals surface area contributed by atoms with Gasteiger partial charge in [0.2, 0.25) is 5.95 Å². The van der Waals surface area contributed by atoms with Gasteiger partial charge >= 0.3 is 0 Å². The number of nitrogens with one attached hydrogen (secondary N) is 1. The second-order valence-corrected chi connectivity index (χ2v) is 7.08.